The van der Waals surface area contributed by atoms with E-state index in [0.29, 0.717) is 23.7 Å². The summed E-state index contributed by atoms with van der Waals surface area (Å²) in [6.45, 7) is 12.6. The number of carbonyl (C=O) groups is 2. The largest absolute Gasteiger partial charge is 0.324 e. The predicted octanol–water partition coefficient (Wildman–Crippen LogP) is 6.39. The van der Waals surface area contributed by atoms with E-state index in [-0.39, 0.29) is 23.5 Å². The van der Waals surface area contributed by atoms with Gasteiger partial charge in [-0.05, 0) is 77.8 Å². The summed E-state index contributed by atoms with van der Waals surface area (Å²) in [6.07, 6.45) is 2.20. The van der Waals surface area contributed by atoms with Crippen molar-refractivity contribution in [3.8, 4) is 0 Å². The lowest BCUT2D eigenvalue weighted by atomic mass is 9.88. The van der Waals surface area contributed by atoms with Gasteiger partial charge in [0.2, 0.25) is 5.91 Å². The molecule has 6 nitrogen and oxygen atoms in total. The van der Waals surface area contributed by atoms with E-state index in [1.54, 1.807) is 6.20 Å². The summed E-state index contributed by atoms with van der Waals surface area (Å²) >= 11 is 6.13. The van der Waals surface area contributed by atoms with Gasteiger partial charge in [-0.1, -0.05) is 41.9 Å². The van der Waals surface area contributed by atoms with Gasteiger partial charge < -0.3 is 15.1 Å². The lowest BCUT2D eigenvalue weighted by Gasteiger charge is -2.39. The van der Waals surface area contributed by atoms with Gasteiger partial charge in [0.1, 0.15) is 0 Å². The van der Waals surface area contributed by atoms with Gasteiger partial charge in [-0.15, -0.1) is 0 Å². The second kappa shape index (κ2) is 9.74. The molecule has 1 aliphatic heterocycles. The number of amides is 3. The van der Waals surface area contributed by atoms with Crippen LogP contribution in [0.5, 0.6) is 0 Å². The average Bonchev–Trinajstić information content (AvgIpc) is 3.16. The van der Waals surface area contributed by atoms with E-state index in [9.17, 15) is 9.59 Å². The molecule has 2 aromatic carbocycles. The van der Waals surface area contributed by atoms with Crippen LogP contribution in [0, 0.1) is 5.92 Å². The summed E-state index contributed by atoms with van der Waals surface area (Å²) < 4.78 is 0. The highest BCUT2D eigenvalue weighted by molar-refractivity contribution is 6.30. The number of rotatable bonds is 5. The molecule has 1 aliphatic rings. The van der Waals surface area contributed by atoms with E-state index >= 15 is 0 Å². The molecule has 3 amide bonds. The summed E-state index contributed by atoms with van der Waals surface area (Å²) in [5, 5.41) is 4.75. The summed E-state index contributed by atoms with van der Waals surface area (Å²) in [6, 6.07) is 16.8. The standard InChI is InChI=1S/C29H35ClN4O2/c1-28(2,3)33-18-24(34(27(33)36)29(4,5)6)22(17-19-12-14-21(30)15-13-19)26(35)32-23-11-7-9-20-10-8-16-31-25(20)23/h7-16,22,24H,17-18H2,1-6H3,(H,32,35). The molecule has 2 heterocycles. The SMILES string of the molecule is CC(C)(C)N1CC(C(Cc2ccc(Cl)cc2)C(=O)Nc2cccc3cccnc23)N(C(C)(C)C)C1=O. The minimum atomic E-state index is -0.485. The molecule has 1 aromatic heterocycles. The van der Waals surface area contributed by atoms with Crippen LogP contribution in [0.1, 0.15) is 47.1 Å². The monoisotopic (exact) mass is 506 g/mol. The van der Waals surface area contributed by atoms with E-state index in [1.807, 2.05) is 106 Å². The van der Waals surface area contributed by atoms with E-state index < -0.39 is 11.5 Å². The third kappa shape index (κ3) is 5.34. The quantitative estimate of drug-likeness (QED) is 0.436. The molecule has 1 N–H and O–H groups in total. The van der Waals surface area contributed by atoms with Crippen molar-refractivity contribution < 1.29 is 9.59 Å². The molecule has 0 saturated carbocycles. The third-order valence-electron chi connectivity index (χ3n) is 6.73. The van der Waals surface area contributed by atoms with Crippen LogP contribution in [0.25, 0.3) is 10.9 Å². The fourth-order valence-corrected chi connectivity index (χ4v) is 5.11. The number of anilines is 1. The normalized spacial score (nSPS) is 17.5. The van der Waals surface area contributed by atoms with Crippen molar-refractivity contribution in [1.82, 2.24) is 14.8 Å². The van der Waals surface area contributed by atoms with Gasteiger partial charge >= 0.3 is 6.03 Å². The molecule has 3 aromatic rings. The fourth-order valence-electron chi connectivity index (χ4n) is 4.98. The number of urea groups is 1. The van der Waals surface area contributed by atoms with Crippen molar-refractivity contribution in [2.24, 2.45) is 5.92 Å². The second-order valence-corrected chi connectivity index (χ2v) is 11.9. The molecule has 4 rings (SSSR count). The van der Waals surface area contributed by atoms with Crippen LogP contribution in [0.2, 0.25) is 5.02 Å². The first kappa shape index (κ1) is 26.0. The molecule has 0 spiro atoms. The van der Waals surface area contributed by atoms with Gasteiger partial charge in [0.05, 0.1) is 23.2 Å². The van der Waals surface area contributed by atoms with Gasteiger partial charge in [-0.25, -0.2) is 4.79 Å². The molecular weight excluding hydrogens is 472 g/mol. The van der Waals surface area contributed by atoms with Crippen LogP contribution in [0.15, 0.2) is 60.8 Å². The Kier molecular flexibility index (Phi) is 7.02. The maximum atomic E-state index is 14.0. The smallest absolute Gasteiger partial charge is 0.321 e. The second-order valence-electron chi connectivity index (χ2n) is 11.5. The number of pyridine rings is 1. The Morgan fingerprint density at radius 2 is 1.69 bits per heavy atom. The van der Waals surface area contributed by atoms with Gasteiger partial charge in [0, 0.05) is 34.2 Å². The van der Waals surface area contributed by atoms with Crippen LogP contribution in [-0.4, -0.2) is 50.4 Å². The third-order valence-corrected chi connectivity index (χ3v) is 6.98. The molecule has 190 valence electrons. The van der Waals surface area contributed by atoms with Crippen molar-refractivity contribution in [2.75, 3.05) is 11.9 Å². The van der Waals surface area contributed by atoms with Crippen molar-refractivity contribution in [3.63, 3.8) is 0 Å². The molecule has 7 heteroatoms. The van der Waals surface area contributed by atoms with Crippen molar-refractivity contribution in [3.05, 3.63) is 71.4 Å². The Hall–Kier alpha value is -3.12. The Morgan fingerprint density at radius 3 is 2.33 bits per heavy atom. The topological polar surface area (TPSA) is 65.5 Å². The van der Waals surface area contributed by atoms with Crippen molar-refractivity contribution >= 4 is 40.1 Å². The van der Waals surface area contributed by atoms with Crippen molar-refractivity contribution in [2.45, 2.75) is 65.1 Å². The molecule has 1 saturated heterocycles. The van der Waals surface area contributed by atoms with Gasteiger partial charge in [-0.3, -0.25) is 9.78 Å². The highest BCUT2D eigenvalue weighted by Gasteiger charge is 2.50. The average molecular weight is 507 g/mol. The van der Waals surface area contributed by atoms with Crippen LogP contribution >= 0.6 is 11.6 Å². The Bertz CT molecular complexity index is 1260. The lowest BCUT2D eigenvalue weighted by Crippen LogP contribution is -2.53. The molecule has 0 bridgehead atoms. The lowest BCUT2D eigenvalue weighted by molar-refractivity contribution is -0.121. The van der Waals surface area contributed by atoms with Crippen molar-refractivity contribution in [1.29, 1.82) is 0 Å². The first-order valence-corrected chi connectivity index (χ1v) is 12.7. The number of para-hydroxylation sites is 1. The van der Waals surface area contributed by atoms with Crippen LogP contribution in [-0.2, 0) is 11.2 Å². The van der Waals surface area contributed by atoms with Gasteiger partial charge in [-0.2, -0.15) is 0 Å². The molecule has 0 aliphatic carbocycles. The zero-order valence-electron chi connectivity index (χ0n) is 21.9. The number of aromatic nitrogens is 1. The zero-order valence-corrected chi connectivity index (χ0v) is 22.6. The molecule has 36 heavy (non-hydrogen) atoms. The number of nitrogens with one attached hydrogen (secondary N) is 1. The minimum Gasteiger partial charge on any atom is -0.324 e. The van der Waals surface area contributed by atoms with E-state index in [0.717, 1.165) is 16.5 Å². The summed E-state index contributed by atoms with van der Waals surface area (Å²) in [4.78, 5) is 35.9. The Morgan fingerprint density at radius 1 is 1.03 bits per heavy atom. The number of hydrogen-bond acceptors (Lipinski definition) is 3. The van der Waals surface area contributed by atoms with Gasteiger partial charge in [0.25, 0.3) is 0 Å². The van der Waals surface area contributed by atoms with Crippen LogP contribution in [0.3, 0.4) is 0 Å². The summed E-state index contributed by atoms with van der Waals surface area (Å²) in [5.41, 5.74) is 1.58. The zero-order chi connectivity index (χ0) is 26.3. The van der Waals surface area contributed by atoms with Crippen LogP contribution < -0.4 is 5.32 Å². The van der Waals surface area contributed by atoms with Gasteiger partial charge in [0.15, 0.2) is 0 Å². The summed E-state index contributed by atoms with van der Waals surface area (Å²) in [5.74, 6) is -0.619. The first-order valence-electron chi connectivity index (χ1n) is 12.4. The number of benzene rings is 2. The molecular formula is C29H35ClN4O2. The molecule has 2 atom stereocenters. The molecule has 2 unspecified atom stereocenters. The highest BCUT2D eigenvalue weighted by atomic mass is 35.5. The number of halogens is 1. The maximum absolute atomic E-state index is 14.0. The first-order chi connectivity index (χ1) is 16.9. The minimum absolute atomic E-state index is 0.0410. The number of fused-ring (bicyclic) bond motifs is 1. The Labute approximate surface area is 218 Å². The number of hydrogen-bond donors (Lipinski definition) is 1. The number of nitrogens with zero attached hydrogens (tertiary/aromatic N) is 3. The predicted molar refractivity (Wildman–Crippen MR) is 146 cm³/mol. The molecule has 0 radical (unpaired) electrons. The summed E-state index contributed by atoms with van der Waals surface area (Å²) in [7, 11) is 0. The maximum Gasteiger partial charge on any atom is 0.321 e. The van der Waals surface area contributed by atoms with E-state index in [1.165, 1.54) is 0 Å². The fraction of sp³-hybridized carbons (Fsp3) is 0.414. The van der Waals surface area contributed by atoms with E-state index in [2.05, 4.69) is 10.3 Å². The molecule has 1 fully saturated rings. The number of carbonyl (C=O) groups excluding carboxylic acids is 2. The van der Waals surface area contributed by atoms with E-state index in [4.69, 9.17) is 11.6 Å². The highest BCUT2D eigenvalue weighted by Crippen LogP contribution is 2.36. The van der Waals surface area contributed by atoms with Crippen LogP contribution in [0.4, 0.5) is 10.5 Å². The Balaban J connectivity index is 1.75.